The first kappa shape index (κ1) is 16.2. The molecule has 1 aliphatic heterocycles. The second kappa shape index (κ2) is 6.25. The lowest BCUT2D eigenvalue weighted by atomic mass is 10.3. The van der Waals surface area contributed by atoms with E-state index in [-0.39, 0.29) is 16.8 Å². The van der Waals surface area contributed by atoms with Crippen molar-refractivity contribution in [3.63, 3.8) is 0 Å². The molecule has 0 saturated carbocycles. The van der Waals surface area contributed by atoms with Crippen LogP contribution in [0.4, 0.5) is 19.3 Å². The van der Waals surface area contributed by atoms with E-state index < -0.39 is 11.6 Å². The Kier molecular flexibility index (Phi) is 4.06. The molecular formula is C15H7ClF2N4OS2. The van der Waals surface area contributed by atoms with Gasteiger partial charge in [-0.05, 0) is 30.0 Å². The minimum absolute atomic E-state index is 0.183. The molecule has 0 radical (unpaired) electrons. The van der Waals surface area contributed by atoms with Crippen molar-refractivity contribution in [3.05, 3.63) is 57.2 Å². The van der Waals surface area contributed by atoms with Crippen molar-refractivity contribution in [1.29, 1.82) is 0 Å². The number of amidine groups is 1. The molecular weight excluding hydrogens is 390 g/mol. The van der Waals surface area contributed by atoms with Crippen LogP contribution in [-0.4, -0.2) is 20.5 Å². The number of thiazole rings is 1. The topological polar surface area (TPSA) is 58.8 Å². The number of carbonyl (C=O) groups excluding carboxylic acids is 1. The summed E-state index contributed by atoms with van der Waals surface area (Å²) in [5, 5.41) is 4.42. The fourth-order valence-electron chi connectivity index (χ4n) is 2.23. The van der Waals surface area contributed by atoms with Crippen LogP contribution < -0.4 is 5.32 Å². The van der Waals surface area contributed by atoms with Gasteiger partial charge < -0.3 is 5.32 Å². The lowest BCUT2D eigenvalue weighted by Crippen LogP contribution is -2.18. The van der Waals surface area contributed by atoms with Gasteiger partial charge in [0.1, 0.15) is 5.84 Å². The van der Waals surface area contributed by atoms with Crippen LogP contribution in [0, 0.1) is 11.6 Å². The Morgan fingerprint density at radius 2 is 2.16 bits per heavy atom. The molecule has 2 aromatic heterocycles. The van der Waals surface area contributed by atoms with Crippen molar-refractivity contribution >= 4 is 62.5 Å². The summed E-state index contributed by atoms with van der Waals surface area (Å²) in [4.78, 5) is 21.4. The molecule has 0 unspecified atom stereocenters. The highest BCUT2D eigenvalue weighted by atomic mass is 35.5. The largest absolute Gasteiger partial charge is 0.300 e. The Morgan fingerprint density at radius 3 is 2.96 bits per heavy atom. The first-order valence-electron chi connectivity index (χ1n) is 6.87. The number of hydrogen-bond acceptors (Lipinski definition) is 5. The molecule has 0 bridgehead atoms. The summed E-state index contributed by atoms with van der Waals surface area (Å²) >= 11 is 8.52. The van der Waals surface area contributed by atoms with E-state index in [9.17, 15) is 13.6 Å². The highest BCUT2D eigenvalue weighted by Crippen LogP contribution is 2.31. The third kappa shape index (κ3) is 3.06. The number of nitrogens with one attached hydrogen (secondary N) is 1. The minimum atomic E-state index is -1.01. The number of rotatable bonds is 2. The SMILES string of the molecule is O=C1NC(=Nc2ccc(F)c(F)c2)C(=Cc2c(Cl)nc3sccn23)S1. The number of fused-ring (bicyclic) bond motifs is 1. The van der Waals surface area contributed by atoms with Crippen molar-refractivity contribution in [2.24, 2.45) is 4.99 Å². The Balaban J connectivity index is 1.78. The van der Waals surface area contributed by atoms with Gasteiger partial charge >= 0.3 is 0 Å². The molecule has 126 valence electrons. The molecule has 1 N–H and O–H groups in total. The van der Waals surface area contributed by atoms with Gasteiger partial charge in [0.2, 0.25) is 0 Å². The smallest absolute Gasteiger partial charge is 0.289 e. The van der Waals surface area contributed by atoms with Gasteiger partial charge in [-0.1, -0.05) is 11.6 Å². The number of hydrogen-bond donors (Lipinski definition) is 1. The molecule has 25 heavy (non-hydrogen) atoms. The number of nitrogens with zero attached hydrogens (tertiary/aromatic N) is 3. The van der Waals surface area contributed by atoms with Gasteiger partial charge in [-0.25, -0.2) is 18.8 Å². The Morgan fingerprint density at radius 1 is 1.32 bits per heavy atom. The van der Waals surface area contributed by atoms with Gasteiger partial charge in [-0.3, -0.25) is 9.20 Å². The predicted octanol–water partition coefficient (Wildman–Crippen LogP) is 4.85. The van der Waals surface area contributed by atoms with E-state index in [1.54, 1.807) is 10.5 Å². The average molecular weight is 397 g/mol. The second-order valence-electron chi connectivity index (χ2n) is 4.93. The molecule has 0 aliphatic carbocycles. The normalized spacial score (nSPS) is 17.8. The Bertz CT molecular complexity index is 1070. The first-order valence-corrected chi connectivity index (χ1v) is 8.94. The van der Waals surface area contributed by atoms with Gasteiger partial charge in [0.25, 0.3) is 5.24 Å². The van der Waals surface area contributed by atoms with Gasteiger partial charge in [0, 0.05) is 17.6 Å². The van der Waals surface area contributed by atoms with Crippen LogP contribution in [0.3, 0.4) is 0 Å². The monoisotopic (exact) mass is 396 g/mol. The van der Waals surface area contributed by atoms with Crippen LogP contribution in [-0.2, 0) is 0 Å². The zero-order valence-corrected chi connectivity index (χ0v) is 14.6. The summed E-state index contributed by atoms with van der Waals surface area (Å²) in [7, 11) is 0. The molecule has 1 saturated heterocycles. The number of thioether (sulfide) groups is 1. The highest BCUT2D eigenvalue weighted by molar-refractivity contribution is 8.18. The van der Waals surface area contributed by atoms with Crippen LogP contribution in [0.2, 0.25) is 5.15 Å². The molecule has 0 spiro atoms. The van der Waals surface area contributed by atoms with Crippen molar-refractivity contribution in [2.75, 3.05) is 0 Å². The molecule has 1 fully saturated rings. The molecule has 1 amide bonds. The second-order valence-corrected chi connectivity index (χ2v) is 7.17. The van der Waals surface area contributed by atoms with Crippen molar-refractivity contribution < 1.29 is 13.6 Å². The van der Waals surface area contributed by atoms with E-state index in [4.69, 9.17) is 11.6 Å². The summed E-state index contributed by atoms with van der Waals surface area (Å²) in [6.45, 7) is 0. The van der Waals surface area contributed by atoms with Gasteiger partial charge in [0.15, 0.2) is 21.7 Å². The van der Waals surface area contributed by atoms with E-state index in [1.807, 2.05) is 11.6 Å². The maximum atomic E-state index is 13.3. The Hall–Kier alpha value is -2.23. The van der Waals surface area contributed by atoms with E-state index in [0.29, 0.717) is 15.8 Å². The first-order chi connectivity index (χ1) is 12.0. The molecule has 10 heteroatoms. The van der Waals surface area contributed by atoms with Crippen LogP contribution in [0.5, 0.6) is 0 Å². The third-order valence-corrected chi connectivity index (χ3v) is 5.18. The van der Waals surface area contributed by atoms with Crippen molar-refractivity contribution in [1.82, 2.24) is 14.7 Å². The van der Waals surface area contributed by atoms with Crippen molar-refractivity contribution in [3.8, 4) is 0 Å². The maximum Gasteiger partial charge on any atom is 0.289 e. The van der Waals surface area contributed by atoms with E-state index in [1.165, 1.54) is 17.4 Å². The van der Waals surface area contributed by atoms with Crippen LogP contribution >= 0.6 is 34.7 Å². The highest BCUT2D eigenvalue weighted by Gasteiger charge is 2.25. The molecule has 5 nitrogen and oxygen atoms in total. The fraction of sp³-hybridized carbons (Fsp3) is 0. The molecule has 0 atom stereocenters. The van der Waals surface area contributed by atoms with E-state index in [0.717, 1.165) is 28.9 Å². The lowest BCUT2D eigenvalue weighted by molar-refractivity contribution is 0.265. The Labute approximate surface area is 153 Å². The number of halogens is 3. The third-order valence-electron chi connectivity index (χ3n) is 3.32. The standard InChI is InChI=1S/C15H7ClF2N4OS2/c16-12-10(22-3-4-24-14(22)20-12)6-11-13(21-15(23)25-11)19-7-1-2-8(17)9(18)5-7/h1-6H,(H,19,21,23). The number of carbonyl (C=O) groups is 1. The van der Waals surface area contributed by atoms with Crippen LogP contribution in [0.1, 0.15) is 5.69 Å². The molecule has 4 rings (SSSR count). The number of benzene rings is 1. The molecule has 1 aliphatic rings. The number of imidazole rings is 1. The van der Waals surface area contributed by atoms with E-state index >= 15 is 0 Å². The van der Waals surface area contributed by atoms with Crippen molar-refractivity contribution in [2.45, 2.75) is 0 Å². The van der Waals surface area contributed by atoms with Gasteiger partial charge in [-0.2, -0.15) is 0 Å². The lowest BCUT2D eigenvalue weighted by Gasteiger charge is -2.01. The maximum absolute atomic E-state index is 13.3. The zero-order chi connectivity index (χ0) is 17.6. The molecule has 1 aromatic carbocycles. The number of aromatic nitrogens is 2. The minimum Gasteiger partial charge on any atom is -0.300 e. The van der Waals surface area contributed by atoms with Crippen LogP contribution in [0.25, 0.3) is 11.0 Å². The average Bonchev–Trinajstić information content (AvgIpc) is 3.21. The van der Waals surface area contributed by atoms with E-state index in [2.05, 4.69) is 15.3 Å². The number of amides is 1. The van der Waals surface area contributed by atoms with Gasteiger partial charge in [0.05, 0.1) is 16.3 Å². The summed E-state index contributed by atoms with van der Waals surface area (Å²) in [6, 6.07) is 3.25. The summed E-state index contributed by atoms with van der Waals surface area (Å²) < 4.78 is 28.2. The summed E-state index contributed by atoms with van der Waals surface area (Å²) in [5.41, 5.74) is 0.789. The van der Waals surface area contributed by atoms with Crippen LogP contribution in [0.15, 0.2) is 39.7 Å². The molecule has 3 aromatic rings. The van der Waals surface area contributed by atoms with Gasteiger partial charge in [-0.15, -0.1) is 11.3 Å². The zero-order valence-electron chi connectivity index (χ0n) is 12.2. The number of aliphatic imine (C=N–C) groups is 1. The predicted molar refractivity (Wildman–Crippen MR) is 95.6 cm³/mol. The fourth-order valence-corrected chi connectivity index (χ4v) is 3.93. The summed E-state index contributed by atoms with van der Waals surface area (Å²) in [6.07, 6.45) is 3.49. The molecule has 3 heterocycles. The summed E-state index contributed by atoms with van der Waals surface area (Å²) in [5.74, 6) is -1.74. The quantitative estimate of drug-likeness (QED) is 0.673.